The van der Waals surface area contributed by atoms with E-state index in [0.717, 1.165) is 19.5 Å². The lowest BCUT2D eigenvalue weighted by Crippen LogP contribution is -2.11. The highest BCUT2D eigenvalue weighted by molar-refractivity contribution is 9.11. The van der Waals surface area contributed by atoms with E-state index < -0.39 is 0 Å². The van der Waals surface area contributed by atoms with Gasteiger partial charge in [-0.15, -0.1) is 11.8 Å². The van der Waals surface area contributed by atoms with Gasteiger partial charge in [0.25, 0.3) is 5.91 Å². The monoisotopic (exact) mass is 399 g/mol. The van der Waals surface area contributed by atoms with Crippen LogP contribution in [0.5, 0.6) is 0 Å². The zero-order chi connectivity index (χ0) is 13.8. The van der Waals surface area contributed by atoms with Crippen LogP contribution < -0.4 is 5.32 Å². The summed E-state index contributed by atoms with van der Waals surface area (Å²) in [7, 11) is 0. The fraction of sp³-hybridized carbons (Fsp3) is 0.0714. The molecule has 1 N–H and O–H groups in total. The molecule has 0 aliphatic rings. The zero-order valence-corrected chi connectivity index (χ0v) is 14.1. The van der Waals surface area contributed by atoms with Crippen molar-refractivity contribution in [2.24, 2.45) is 0 Å². The van der Waals surface area contributed by atoms with Gasteiger partial charge in [0.2, 0.25) is 0 Å². The minimum atomic E-state index is -0.125. The molecule has 0 atom stereocenters. The number of anilines is 1. The van der Waals surface area contributed by atoms with E-state index in [0.29, 0.717) is 5.56 Å². The molecule has 2 aromatic rings. The average molecular weight is 401 g/mol. The van der Waals surface area contributed by atoms with Crippen LogP contribution in [-0.4, -0.2) is 12.2 Å². The van der Waals surface area contributed by atoms with Crippen molar-refractivity contribution in [1.29, 1.82) is 0 Å². The van der Waals surface area contributed by atoms with Crippen molar-refractivity contribution in [3.8, 4) is 0 Å². The highest BCUT2D eigenvalue weighted by Gasteiger charge is 2.08. The van der Waals surface area contributed by atoms with Gasteiger partial charge in [0, 0.05) is 25.1 Å². The minimum absolute atomic E-state index is 0.125. The molecule has 0 aliphatic heterocycles. The largest absolute Gasteiger partial charge is 0.322 e. The van der Waals surface area contributed by atoms with Crippen LogP contribution in [0.2, 0.25) is 0 Å². The molecule has 0 saturated heterocycles. The van der Waals surface area contributed by atoms with Crippen molar-refractivity contribution in [1.82, 2.24) is 0 Å². The van der Waals surface area contributed by atoms with Crippen molar-refractivity contribution in [2.45, 2.75) is 4.90 Å². The van der Waals surface area contributed by atoms with Crippen LogP contribution in [0.1, 0.15) is 10.4 Å². The molecule has 1 amide bonds. The van der Waals surface area contributed by atoms with Gasteiger partial charge in [-0.3, -0.25) is 4.79 Å². The minimum Gasteiger partial charge on any atom is -0.322 e. The average Bonchev–Trinajstić information content (AvgIpc) is 2.37. The number of halogens is 2. The van der Waals surface area contributed by atoms with Gasteiger partial charge in [-0.1, -0.05) is 37.9 Å². The van der Waals surface area contributed by atoms with E-state index >= 15 is 0 Å². The Bertz CT molecular complexity index is 596. The van der Waals surface area contributed by atoms with Gasteiger partial charge in [-0.25, -0.2) is 0 Å². The first-order valence-corrected chi connectivity index (χ1v) is 8.31. The molecular weight excluding hydrogens is 390 g/mol. The number of thioether (sulfide) groups is 1. The first-order valence-electron chi connectivity index (χ1n) is 5.50. The molecule has 0 aliphatic carbocycles. The molecule has 0 saturated carbocycles. The van der Waals surface area contributed by atoms with E-state index in [4.69, 9.17) is 0 Å². The summed E-state index contributed by atoms with van der Waals surface area (Å²) in [5, 5.41) is 2.89. The molecule has 98 valence electrons. The van der Waals surface area contributed by atoms with Crippen molar-refractivity contribution in [2.75, 3.05) is 11.6 Å². The maximum atomic E-state index is 12.2. The Morgan fingerprint density at radius 3 is 2.42 bits per heavy atom. The number of carbonyl (C=O) groups excluding carboxylic acids is 1. The number of nitrogens with one attached hydrogen (secondary N) is 1. The Morgan fingerprint density at radius 2 is 1.79 bits per heavy atom. The van der Waals surface area contributed by atoms with Crippen molar-refractivity contribution >= 4 is 55.2 Å². The number of benzene rings is 2. The van der Waals surface area contributed by atoms with Crippen LogP contribution in [-0.2, 0) is 0 Å². The third kappa shape index (κ3) is 4.09. The Balaban J connectivity index is 2.20. The number of carbonyl (C=O) groups is 1. The Hall–Kier alpha value is -0.780. The van der Waals surface area contributed by atoms with E-state index in [1.165, 1.54) is 0 Å². The maximum Gasteiger partial charge on any atom is 0.255 e. The maximum absolute atomic E-state index is 12.2. The van der Waals surface area contributed by atoms with Gasteiger partial charge in [-0.2, -0.15) is 0 Å². The van der Waals surface area contributed by atoms with Gasteiger partial charge in [0.1, 0.15) is 0 Å². The smallest absolute Gasteiger partial charge is 0.255 e. The molecule has 19 heavy (non-hydrogen) atoms. The molecule has 0 fully saturated rings. The lowest BCUT2D eigenvalue weighted by atomic mass is 10.2. The lowest BCUT2D eigenvalue weighted by Gasteiger charge is -2.07. The summed E-state index contributed by atoms with van der Waals surface area (Å²) < 4.78 is 1.73. The van der Waals surface area contributed by atoms with Crippen LogP contribution in [0, 0.1) is 0 Å². The predicted molar refractivity (Wildman–Crippen MR) is 88.0 cm³/mol. The van der Waals surface area contributed by atoms with Gasteiger partial charge in [0.15, 0.2) is 0 Å². The number of hydrogen-bond donors (Lipinski definition) is 1. The molecule has 0 radical (unpaired) electrons. The number of amides is 1. The SMILES string of the molecule is CSc1cccc(NC(=O)c2cc(Br)cc(Br)c2)c1. The first-order chi connectivity index (χ1) is 9.08. The van der Waals surface area contributed by atoms with E-state index in [1.54, 1.807) is 23.9 Å². The third-order valence-corrected chi connectivity index (χ3v) is 4.09. The van der Waals surface area contributed by atoms with E-state index in [9.17, 15) is 4.79 Å². The van der Waals surface area contributed by atoms with Crippen LogP contribution in [0.15, 0.2) is 56.3 Å². The predicted octanol–water partition coefficient (Wildman–Crippen LogP) is 5.19. The van der Waals surface area contributed by atoms with Crippen LogP contribution in [0.4, 0.5) is 5.69 Å². The highest BCUT2D eigenvalue weighted by Crippen LogP contribution is 2.22. The molecule has 0 spiro atoms. The molecular formula is C14H11Br2NOS. The van der Waals surface area contributed by atoms with E-state index in [-0.39, 0.29) is 5.91 Å². The second-order valence-electron chi connectivity index (χ2n) is 3.84. The first kappa shape index (κ1) is 14.6. The molecule has 2 aromatic carbocycles. The Morgan fingerprint density at radius 1 is 1.11 bits per heavy atom. The summed E-state index contributed by atoms with van der Waals surface area (Å²) in [6, 6.07) is 13.2. The Kier molecular flexibility index (Phi) is 5.07. The summed E-state index contributed by atoms with van der Waals surface area (Å²) >= 11 is 8.40. The third-order valence-electron chi connectivity index (χ3n) is 2.45. The van der Waals surface area contributed by atoms with Gasteiger partial charge in [-0.05, 0) is 42.7 Å². The summed E-state index contributed by atoms with van der Waals surface area (Å²) in [6.45, 7) is 0. The van der Waals surface area contributed by atoms with Gasteiger partial charge >= 0.3 is 0 Å². The fourth-order valence-corrected chi connectivity index (χ4v) is 3.34. The van der Waals surface area contributed by atoms with Crippen molar-refractivity contribution < 1.29 is 4.79 Å². The quantitative estimate of drug-likeness (QED) is 0.718. The van der Waals surface area contributed by atoms with Gasteiger partial charge in [0.05, 0.1) is 0 Å². The fourth-order valence-electron chi connectivity index (χ4n) is 1.59. The number of rotatable bonds is 3. The van der Waals surface area contributed by atoms with Crippen LogP contribution >= 0.6 is 43.6 Å². The van der Waals surface area contributed by atoms with Gasteiger partial charge < -0.3 is 5.32 Å². The summed E-state index contributed by atoms with van der Waals surface area (Å²) in [4.78, 5) is 13.3. The molecule has 0 aromatic heterocycles. The standard InChI is InChI=1S/C14H11Br2NOS/c1-19-13-4-2-3-12(8-13)17-14(18)9-5-10(15)7-11(16)6-9/h2-8H,1H3,(H,17,18). The molecule has 0 bridgehead atoms. The Labute approximate surface area is 133 Å². The topological polar surface area (TPSA) is 29.1 Å². The lowest BCUT2D eigenvalue weighted by molar-refractivity contribution is 0.102. The molecule has 2 nitrogen and oxygen atoms in total. The summed E-state index contributed by atoms with van der Waals surface area (Å²) in [5.74, 6) is -0.125. The zero-order valence-electron chi connectivity index (χ0n) is 10.1. The second kappa shape index (κ2) is 6.59. The molecule has 2 rings (SSSR count). The van der Waals surface area contributed by atoms with Crippen LogP contribution in [0.25, 0.3) is 0 Å². The van der Waals surface area contributed by atoms with E-state index in [2.05, 4.69) is 37.2 Å². The normalized spacial score (nSPS) is 10.3. The molecule has 5 heteroatoms. The van der Waals surface area contributed by atoms with E-state index in [1.807, 2.05) is 36.6 Å². The van der Waals surface area contributed by atoms with Crippen molar-refractivity contribution in [3.05, 3.63) is 57.0 Å². The van der Waals surface area contributed by atoms with Crippen molar-refractivity contribution in [3.63, 3.8) is 0 Å². The molecule has 0 heterocycles. The second-order valence-corrected chi connectivity index (χ2v) is 6.56. The summed E-state index contributed by atoms with van der Waals surface area (Å²) in [5.41, 5.74) is 1.41. The highest BCUT2D eigenvalue weighted by atomic mass is 79.9. The summed E-state index contributed by atoms with van der Waals surface area (Å²) in [6.07, 6.45) is 2.01. The number of hydrogen-bond acceptors (Lipinski definition) is 2. The molecule has 0 unspecified atom stereocenters. The van der Waals surface area contributed by atoms with Crippen LogP contribution in [0.3, 0.4) is 0 Å².